The van der Waals surface area contributed by atoms with Crippen molar-refractivity contribution < 1.29 is 4.79 Å². The van der Waals surface area contributed by atoms with E-state index in [9.17, 15) is 4.79 Å². The van der Waals surface area contributed by atoms with Gasteiger partial charge in [-0.3, -0.25) is 9.78 Å². The molecule has 0 aliphatic carbocycles. The second-order valence-corrected chi connectivity index (χ2v) is 5.73. The van der Waals surface area contributed by atoms with Crippen molar-refractivity contribution in [3.63, 3.8) is 0 Å². The van der Waals surface area contributed by atoms with Gasteiger partial charge in [-0.2, -0.15) is 0 Å². The van der Waals surface area contributed by atoms with Gasteiger partial charge in [-0.25, -0.2) is 0 Å². The highest BCUT2D eigenvalue weighted by atomic mass is 35.5. The van der Waals surface area contributed by atoms with E-state index in [0.29, 0.717) is 17.1 Å². The predicted molar refractivity (Wildman–Crippen MR) is 91.7 cm³/mol. The van der Waals surface area contributed by atoms with Crippen LogP contribution in [0.4, 0.5) is 11.4 Å². The zero-order valence-corrected chi connectivity index (χ0v) is 13.8. The molecule has 4 nitrogen and oxygen atoms in total. The molecule has 0 saturated heterocycles. The van der Waals surface area contributed by atoms with Crippen LogP contribution in [0.1, 0.15) is 24.8 Å². The van der Waals surface area contributed by atoms with Crippen molar-refractivity contribution in [2.45, 2.75) is 19.3 Å². The fraction of sp³-hybridized carbons (Fsp3) is 0.294. The fourth-order valence-electron chi connectivity index (χ4n) is 2.39. The Hall–Kier alpha value is -2.07. The lowest BCUT2D eigenvalue weighted by Gasteiger charge is -2.20. The summed E-state index contributed by atoms with van der Waals surface area (Å²) < 4.78 is 0. The molecule has 1 aromatic heterocycles. The number of halogens is 1. The van der Waals surface area contributed by atoms with Crippen LogP contribution in [0.15, 0.2) is 42.7 Å². The Morgan fingerprint density at radius 2 is 2.14 bits per heavy atom. The summed E-state index contributed by atoms with van der Waals surface area (Å²) in [5.41, 5.74) is 2.55. The Balaban J connectivity index is 2.24. The number of amides is 1. The summed E-state index contributed by atoms with van der Waals surface area (Å²) in [5, 5.41) is 3.61. The van der Waals surface area contributed by atoms with Gasteiger partial charge in [0.25, 0.3) is 0 Å². The maximum absolute atomic E-state index is 12.6. The van der Waals surface area contributed by atoms with Gasteiger partial charge in [-0.1, -0.05) is 30.7 Å². The van der Waals surface area contributed by atoms with E-state index in [0.717, 1.165) is 11.3 Å². The Morgan fingerprint density at radius 1 is 1.36 bits per heavy atom. The lowest BCUT2D eigenvalue weighted by Crippen LogP contribution is -2.22. The van der Waals surface area contributed by atoms with Gasteiger partial charge >= 0.3 is 0 Å². The minimum atomic E-state index is -0.242. The van der Waals surface area contributed by atoms with E-state index >= 15 is 0 Å². The molecule has 0 spiro atoms. The topological polar surface area (TPSA) is 45.2 Å². The minimum Gasteiger partial charge on any atom is -0.376 e. The molecule has 1 aromatic carbocycles. The molecule has 1 heterocycles. The molecule has 1 atom stereocenters. The molecule has 1 N–H and O–H groups in total. The summed E-state index contributed by atoms with van der Waals surface area (Å²) in [5.74, 6) is -0.296. The van der Waals surface area contributed by atoms with E-state index in [4.69, 9.17) is 11.6 Å². The summed E-state index contributed by atoms with van der Waals surface area (Å²) in [7, 11) is 3.86. The van der Waals surface area contributed by atoms with Crippen LogP contribution in [0.25, 0.3) is 0 Å². The molecule has 2 aromatic rings. The first kappa shape index (κ1) is 16.3. The maximum Gasteiger partial charge on any atom is 0.232 e. The van der Waals surface area contributed by atoms with E-state index in [1.807, 2.05) is 50.2 Å². The fourth-order valence-corrected chi connectivity index (χ4v) is 2.59. The Morgan fingerprint density at radius 3 is 2.77 bits per heavy atom. The zero-order chi connectivity index (χ0) is 16.1. The average molecular weight is 318 g/mol. The zero-order valence-electron chi connectivity index (χ0n) is 13.0. The molecule has 1 unspecified atom stereocenters. The second kappa shape index (κ2) is 7.27. The second-order valence-electron chi connectivity index (χ2n) is 5.29. The molecule has 0 fully saturated rings. The number of pyridine rings is 1. The van der Waals surface area contributed by atoms with Gasteiger partial charge in [-0.05, 0) is 30.2 Å². The van der Waals surface area contributed by atoms with Crippen molar-refractivity contribution in [2.24, 2.45) is 0 Å². The number of anilines is 2. The summed E-state index contributed by atoms with van der Waals surface area (Å²) in [6, 6.07) is 9.31. The number of nitrogens with zero attached hydrogens (tertiary/aromatic N) is 2. The lowest BCUT2D eigenvalue weighted by molar-refractivity contribution is -0.117. The third kappa shape index (κ3) is 3.77. The van der Waals surface area contributed by atoms with Crippen molar-refractivity contribution in [1.29, 1.82) is 0 Å². The molecule has 0 aliphatic rings. The van der Waals surface area contributed by atoms with Gasteiger partial charge in [0.15, 0.2) is 0 Å². The number of rotatable bonds is 5. The average Bonchev–Trinajstić information content (AvgIpc) is 2.48. The predicted octanol–water partition coefficient (Wildman–Crippen LogP) is 3.93. The molecule has 2 rings (SSSR count). The number of aromatic nitrogens is 1. The Bertz CT molecular complexity index is 658. The number of hydrogen-bond donors (Lipinski definition) is 1. The summed E-state index contributed by atoms with van der Waals surface area (Å²) >= 11 is 6.03. The lowest BCUT2D eigenvalue weighted by atomic mass is 9.95. The van der Waals surface area contributed by atoms with Crippen molar-refractivity contribution in [3.05, 3.63) is 53.3 Å². The van der Waals surface area contributed by atoms with E-state index in [-0.39, 0.29) is 11.8 Å². The number of hydrogen-bond acceptors (Lipinski definition) is 3. The normalized spacial score (nSPS) is 11.8. The highest BCUT2D eigenvalue weighted by Crippen LogP contribution is 2.27. The summed E-state index contributed by atoms with van der Waals surface area (Å²) in [6.07, 6.45) is 4.07. The SMILES string of the molecule is CCC(C(=O)Nc1cnccc1N(C)C)c1cccc(Cl)c1. The van der Waals surface area contributed by atoms with E-state index in [2.05, 4.69) is 10.3 Å². The van der Waals surface area contributed by atoms with Gasteiger partial charge < -0.3 is 10.2 Å². The minimum absolute atomic E-state index is 0.0548. The highest BCUT2D eigenvalue weighted by molar-refractivity contribution is 6.30. The molecule has 0 aliphatic heterocycles. The molecule has 0 bridgehead atoms. The third-order valence-corrected chi connectivity index (χ3v) is 3.75. The molecule has 116 valence electrons. The molecule has 1 amide bonds. The third-order valence-electron chi connectivity index (χ3n) is 3.51. The van der Waals surface area contributed by atoms with Crippen molar-refractivity contribution in [1.82, 2.24) is 4.98 Å². The van der Waals surface area contributed by atoms with Gasteiger partial charge in [0, 0.05) is 25.3 Å². The quantitative estimate of drug-likeness (QED) is 0.908. The van der Waals surface area contributed by atoms with Crippen LogP contribution in [0.2, 0.25) is 5.02 Å². The van der Waals surface area contributed by atoms with Crippen molar-refractivity contribution >= 4 is 28.9 Å². The molecular weight excluding hydrogens is 298 g/mol. The molecule has 5 heteroatoms. The van der Waals surface area contributed by atoms with Gasteiger partial charge in [-0.15, -0.1) is 0 Å². The van der Waals surface area contributed by atoms with Gasteiger partial charge in [0.2, 0.25) is 5.91 Å². The standard InChI is InChI=1S/C17H20ClN3O/c1-4-14(12-6-5-7-13(18)10-12)17(22)20-15-11-19-9-8-16(15)21(2)3/h5-11,14H,4H2,1-3H3,(H,20,22). The number of nitrogens with one attached hydrogen (secondary N) is 1. The Labute approximate surface area is 136 Å². The van der Waals surface area contributed by atoms with Crippen LogP contribution >= 0.6 is 11.6 Å². The molecule has 0 saturated carbocycles. The van der Waals surface area contributed by atoms with Gasteiger partial charge in [0.1, 0.15) is 0 Å². The van der Waals surface area contributed by atoms with Crippen molar-refractivity contribution in [2.75, 3.05) is 24.3 Å². The number of carbonyl (C=O) groups is 1. The van der Waals surface area contributed by atoms with Gasteiger partial charge in [0.05, 0.1) is 23.5 Å². The smallest absolute Gasteiger partial charge is 0.232 e. The van der Waals surface area contributed by atoms with E-state index in [1.54, 1.807) is 18.5 Å². The first-order valence-corrected chi connectivity index (χ1v) is 7.58. The first-order valence-electron chi connectivity index (χ1n) is 7.20. The molecular formula is C17H20ClN3O. The van der Waals surface area contributed by atoms with Crippen LogP contribution in [-0.2, 0) is 4.79 Å². The van der Waals surface area contributed by atoms with Crippen LogP contribution in [0.3, 0.4) is 0 Å². The van der Waals surface area contributed by atoms with Crippen LogP contribution in [-0.4, -0.2) is 25.0 Å². The first-order chi connectivity index (χ1) is 10.5. The number of carbonyl (C=O) groups excluding carboxylic acids is 1. The summed E-state index contributed by atoms with van der Waals surface area (Å²) in [4.78, 5) is 18.7. The van der Waals surface area contributed by atoms with Crippen LogP contribution in [0.5, 0.6) is 0 Å². The summed E-state index contributed by atoms with van der Waals surface area (Å²) in [6.45, 7) is 1.99. The van der Waals surface area contributed by atoms with Crippen LogP contribution in [0, 0.1) is 0 Å². The molecule has 0 radical (unpaired) electrons. The Kier molecular flexibility index (Phi) is 5.39. The largest absolute Gasteiger partial charge is 0.376 e. The molecule has 22 heavy (non-hydrogen) atoms. The highest BCUT2D eigenvalue weighted by Gasteiger charge is 2.20. The number of benzene rings is 1. The maximum atomic E-state index is 12.6. The van der Waals surface area contributed by atoms with Crippen molar-refractivity contribution in [3.8, 4) is 0 Å². The van der Waals surface area contributed by atoms with Crippen LogP contribution < -0.4 is 10.2 Å². The van der Waals surface area contributed by atoms with E-state index < -0.39 is 0 Å². The van der Waals surface area contributed by atoms with E-state index in [1.165, 1.54) is 0 Å². The monoisotopic (exact) mass is 317 g/mol.